The summed E-state index contributed by atoms with van der Waals surface area (Å²) in [5.74, 6) is -0.651. The fraction of sp³-hybridized carbons (Fsp3) is 0.350. The molecule has 3 rings (SSSR count). The molecule has 1 heterocycles. The van der Waals surface area contributed by atoms with Crippen molar-refractivity contribution in [2.24, 2.45) is 0 Å². The van der Waals surface area contributed by atoms with Crippen LogP contribution in [0.3, 0.4) is 0 Å². The average molecular weight is 536 g/mol. The highest BCUT2D eigenvalue weighted by molar-refractivity contribution is 7.92. The topological polar surface area (TPSA) is 142 Å². The molecule has 1 unspecified atom stereocenters. The molecule has 1 amide bonds. The average Bonchev–Trinajstić information content (AvgIpc) is 2.66. The summed E-state index contributed by atoms with van der Waals surface area (Å²) in [5.41, 5.74) is -0.823. The van der Waals surface area contributed by atoms with Crippen molar-refractivity contribution in [3.8, 4) is 5.75 Å². The Morgan fingerprint density at radius 3 is 2.50 bits per heavy atom. The van der Waals surface area contributed by atoms with Gasteiger partial charge in [-0.25, -0.2) is 30.7 Å². The molecule has 0 saturated carbocycles. The van der Waals surface area contributed by atoms with Gasteiger partial charge in [0.1, 0.15) is 17.7 Å². The van der Waals surface area contributed by atoms with E-state index >= 15 is 0 Å². The van der Waals surface area contributed by atoms with Gasteiger partial charge in [0.05, 0.1) is 28.4 Å². The van der Waals surface area contributed by atoms with Crippen LogP contribution < -0.4 is 19.1 Å². The number of hydrogen-bond donors (Lipinski definition) is 3. The van der Waals surface area contributed by atoms with E-state index in [2.05, 4.69) is 10.0 Å². The zero-order valence-electron chi connectivity index (χ0n) is 18.4. The highest BCUT2D eigenvalue weighted by Crippen LogP contribution is 2.40. The van der Waals surface area contributed by atoms with Gasteiger partial charge >= 0.3 is 6.09 Å². The minimum atomic E-state index is -4.30. The SMILES string of the molecule is CC(C)(CC1CN(S(=O)(=O)c2ccc(F)c(Cl)c2)c2cc(NC(=O)O)ccc2O1)NS(C)(=O)=O. The molecule has 1 aliphatic heterocycles. The number of carbonyl (C=O) groups is 1. The van der Waals surface area contributed by atoms with Crippen LogP contribution in [0.2, 0.25) is 5.02 Å². The van der Waals surface area contributed by atoms with Gasteiger partial charge in [0.2, 0.25) is 10.0 Å². The first-order valence-corrected chi connectivity index (χ1v) is 13.6. The summed E-state index contributed by atoms with van der Waals surface area (Å²) in [5, 5.41) is 10.8. The molecular formula is C20H23ClFN3O7S2. The second kappa shape index (κ2) is 9.21. The van der Waals surface area contributed by atoms with Crippen molar-refractivity contribution in [1.29, 1.82) is 0 Å². The highest BCUT2D eigenvalue weighted by atomic mass is 35.5. The molecule has 0 fully saturated rings. The third-order valence-corrected chi connectivity index (χ3v) is 7.81. The summed E-state index contributed by atoms with van der Waals surface area (Å²) in [6, 6.07) is 7.07. The van der Waals surface area contributed by atoms with Crippen LogP contribution in [0.25, 0.3) is 0 Å². The lowest BCUT2D eigenvalue weighted by atomic mass is 9.97. The van der Waals surface area contributed by atoms with Crippen molar-refractivity contribution >= 4 is 49.1 Å². The molecule has 3 N–H and O–H groups in total. The van der Waals surface area contributed by atoms with Crippen LogP contribution >= 0.6 is 11.6 Å². The molecule has 10 nitrogen and oxygen atoms in total. The lowest BCUT2D eigenvalue weighted by Gasteiger charge is -2.38. The Labute approximate surface area is 201 Å². The van der Waals surface area contributed by atoms with Gasteiger partial charge in [-0.3, -0.25) is 9.62 Å². The molecule has 2 aromatic rings. The number of nitrogens with one attached hydrogen (secondary N) is 2. The number of nitrogens with zero attached hydrogens (tertiary/aromatic N) is 1. The standard InChI is InChI=1S/C20H23ClFN3O7S2/c1-20(2,24-33(3,28)29)10-13-11-25(34(30,31)14-5-6-16(22)15(21)9-14)17-8-12(23-19(26)27)4-7-18(17)32-13/h4-9,13,23-24H,10-11H2,1-3H3,(H,26,27). The summed E-state index contributed by atoms with van der Waals surface area (Å²) >= 11 is 5.80. The monoisotopic (exact) mass is 535 g/mol. The Hall–Kier alpha value is -2.61. The van der Waals surface area contributed by atoms with Gasteiger partial charge in [0.25, 0.3) is 10.0 Å². The van der Waals surface area contributed by atoms with E-state index in [0.717, 1.165) is 28.8 Å². The molecule has 0 aromatic heterocycles. The number of rotatable bonds is 7. The van der Waals surface area contributed by atoms with Crippen LogP contribution in [0.15, 0.2) is 41.3 Å². The smallest absolute Gasteiger partial charge is 0.409 e. The van der Waals surface area contributed by atoms with Gasteiger partial charge in [-0.15, -0.1) is 0 Å². The summed E-state index contributed by atoms with van der Waals surface area (Å²) in [7, 11) is -7.85. The Morgan fingerprint density at radius 1 is 1.24 bits per heavy atom. The first-order chi connectivity index (χ1) is 15.6. The number of ether oxygens (including phenoxy) is 1. The van der Waals surface area contributed by atoms with E-state index in [1.165, 1.54) is 18.2 Å². The quantitative estimate of drug-likeness (QED) is 0.494. The van der Waals surface area contributed by atoms with Crippen LogP contribution in [-0.2, 0) is 20.0 Å². The Kier molecular flexibility index (Phi) is 7.04. The molecule has 34 heavy (non-hydrogen) atoms. The maximum Gasteiger partial charge on any atom is 0.409 e. The van der Waals surface area contributed by atoms with Gasteiger partial charge < -0.3 is 9.84 Å². The number of halogens is 2. The third kappa shape index (κ3) is 6.09. The van der Waals surface area contributed by atoms with Crippen molar-refractivity contribution in [1.82, 2.24) is 4.72 Å². The molecule has 1 aliphatic rings. The Morgan fingerprint density at radius 2 is 1.91 bits per heavy atom. The van der Waals surface area contributed by atoms with E-state index in [9.17, 15) is 26.0 Å². The molecule has 186 valence electrons. The first kappa shape index (κ1) is 26.0. The fourth-order valence-electron chi connectivity index (χ4n) is 3.72. The third-order valence-electron chi connectivity index (χ3n) is 4.82. The summed E-state index contributed by atoms with van der Waals surface area (Å²) in [4.78, 5) is 10.8. The predicted octanol–water partition coefficient (Wildman–Crippen LogP) is 3.24. The van der Waals surface area contributed by atoms with E-state index < -0.39 is 43.6 Å². The van der Waals surface area contributed by atoms with Crippen LogP contribution in [0, 0.1) is 5.82 Å². The largest absolute Gasteiger partial charge is 0.486 e. The van der Waals surface area contributed by atoms with Crippen molar-refractivity contribution in [3.05, 3.63) is 47.2 Å². The minimum absolute atomic E-state index is 0.0526. The molecule has 0 radical (unpaired) electrons. The van der Waals surface area contributed by atoms with E-state index in [1.807, 2.05) is 0 Å². The maximum atomic E-state index is 13.6. The van der Waals surface area contributed by atoms with E-state index in [-0.39, 0.29) is 40.0 Å². The van der Waals surface area contributed by atoms with E-state index in [4.69, 9.17) is 21.4 Å². The van der Waals surface area contributed by atoms with Crippen LogP contribution in [0.4, 0.5) is 20.6 Å². The number of sulfonamides is 2. The first-order valence-electron chi connectivity index (χ1n) is 9.85. The van der Waals surface area contributed by atoms with Crippen LogP contribution in [0.1, 0.15) is 20.3 Å². The highest BCUT2D eigenvalue weighted by Gasteiger charge is 2.38. The molecule has 0 saturated heterocycles. The molecule has 0 aliphatic carbocycles. The maximum absolute atomic E-state index is 13.6. The second-order valence-corrected chi connectivity index (χ2v) is 12.4. The van der Waals surface area contributed by atoms with Crippen LogP contribution in [0.5, 0.6) is 5.75 Å². The van der Waals surface area contributed by atoms with Crippen LogP contribution in [-0.4, -0.2) is 52.5 Å². The molecule has 0 bridgehead atoms. The number of amides is 1. The van der Waals surface area contributed by atoms with Gasteiger partial charge in [-0.2, -0.15) is 0 Å². The van der Waals surface area contributed by atoms with Gasteiger partial charge in [0, 0.05) is 17.6 Å². The number of carboxylic acid groups (broad SMARTS) is 1. The number of fused-ring (bicyclic) bond motifs is 1. The van der Waals surface area contributed by atoms with E-state index in [0.29, 0.717) is 0 Å². The van der Waals surface area contributed by atoms with E-state index in [1.54, 1.807) is 13.8 Å². The zero-order valence-corrected chi connectivity index (χ0v) is 20.8. The van der Waals surface area contributed by atoms with Gasteiger partial charge in [-0.1, -0.05) is 11.6 Å². The molecular weight excluding hydrogens is 513 g/mol. The minimum Gasteiger partial charge on any atom is -0.486 e. The summed E-state index contributed by atoms with van der Waals surface area (Å²) < 4.78 is 73.6. The second-order valence-electron chi connectivity index (χ2n) is 8.43. The predicted molar refractivity (Wildman–Crippen MR) is 125 cm³/mol. The Balaban J connectivity index is 2.06. The van der Waals surface area contributed by atoms with Gasteiger partial charge in [-0.05, 0) is 50.2 Å². The molecule has 1 atom stereocenters. The number of hydrogen-bond acceptors (Lipinski definition) is 6. The Bertz CT molecular complexity index is 1330. The van der Waals surface area contributed by atoms with Crippen molar-refractivity contribution in [2.45, 2.75) is 36.8 Å². The fourth-order valence-corrected chi connectivity index (χ4v) is 6.58. The zero-order chi connectivity index (χ0) is 25.5. The summed E-state index contributed by atoms with van der Waals surface area (Å²) in [6.45, 7) is 3.03. The van der Waals surface area contributed by atoms with Gasteiger partial charge in [0.15, 0.2) is 0 Å². The summed E-state index contributed by atoms with van der Waals surface area (Å²) in [6.07, 6.45) is -1.01. The number of anilines is 2. The van der Waals surface area contributed by atoms with Crippen molar-refractivity contribution in [2.75, 3.05) is 22.4 Å². The van der Waals surface area contributed by atoms with Crippen molar-refractivity contribution < 1.29 is 35.9 Å². The lowest BCUT2D eigenvalue weighted by Crippen LogP contribution is -2.50. The molecule has 2 aromatic carbocycles. The lowest BCUT2D eigenvalue weighted by molar-refractivity contribution is 0.159. The normalized spacial score (nSPS) is 16.5. The number of benzene rings is 2. The van der Waals surface area contributed by atoms with Crippen molar-refractivity contribution in [3.63, 3.8) is 0 Å². The molecule has 14 heteroatoms. The molecule has 0 spiro atoms.